The first kappa shape index (κ1) is 30.3. The standard InChI is InChI=1S/C32H41N7O3S/c1-19(2)39-30(22-12-13-22)25(17-33-39)28-18-38(37-35-28)29-14-23(11-10-20(29)3)21(4)34-26-15-24(32(5,6)7)16-27(31(26)42-8)36-43(9,40)41/h10-11,14-19,22,34,36H,4,12-13H2,1-3,5-9H3. The van der Waals surface area contributed by atoms with Crippen molar-refractivity contribution in [1.29, 1.82) is 0 Å². The van der Waals surface area contributed by atoms with Crippen LogP contribution < -0.4 is 14.8 Å². The van der Waals surface area contributed by atoms with Crippen molar-refractivity contribution in [3.05, 3.63) is 71.7 Å². The van der Waals surface area contributed by atoms with Crippen molar-refractivity contribution in [1.82, 2.24) is 24.8 Å². The zero-order chi connectivity index (χ0) is 31.3. The molecule has 2 aromatic heterocycles. The van der Waals surface area contributed by atoms with Crippen LogP contribution in [0.4, 0.5) is 11.4 Å². The van der Waals surface area contributed by atoms with Crippen LogP contribution in [-0.4, -0.2) is 46.6 Å². The van der Waals surface area contributed by atoms with Crippen LogP contribution in [0.3, 0.4) is 0 Å². The van der Waals surface area contributed by atoms with E-state index in [0.717, 1.165) is 39.9 Å². The van der Waals surface area contributed by atoms with Gasteiger partial charge in [-0.25, -0.2) is 13.1 Å². The molecular formula is C32H41N7O3S. The van der Waals surface area contributed by atoms with E-state index in [1.807, 2.05) is 43.6 Å². The molecule has 4 aromatic rings. The Morgan fingerprint density at radius 2 is 1.84 bits per heavy atom. The predicted molar refractivity (Wildman–Crippen MR) is 172 cm³/mol. The summed E-state index contributed by atoms with van der Waals surface area (Å²) in [6.07, 6.45) is 7.32. The van der Waals surface area contributed by atoms with Crippen LogP contribution >= 0.6 is 0 Å². The van der Waals surface area contributed by atoms with Gasteiger partial charge in [0.1, 0.15) is 5.69 Å². The largest absolute Gasteiger partial charge is 0.492 e. The van der Waals surface area contributed by atoms with Crippen molar-refractivity contribution in [3.63, 3.8) is 0 Å². The highest BCUT2D eigenvalue weighted by Gasteiger charge is 2.32. The van der Waals surface area contributed by atoms with E-state index in [4.69, 9.17) is 4.74 Å². The maximum atomic E-state index is 12.1. The number of rotatable bonds is 10. The molecule has 43 heavy (non-hydrogen) atoms. The summed E-state index contributed by atoms with van der Waals surface area (Å²) in [7, 11) is -2.02. The minimum absolute atomic E-state index is 0.245. The van der Waals surface area contributed by atoms with Crippen LogP contribution in [0, 0.1) is 6.92 Å². The molecule has 0 amide bonds. The van der Waals surface area contributed by atoms with E-state index >= 15 is 0 Å². The van der Waals surface area contributed by atoms with Gasteiger partial charge in [-0.15, -0.1) is 5.10 Å². The van der Waals surface area contributed by atoms with Crippen molar-refractivity contribution in [2.45, 2.75) is 71.8 Å². The van der Waals surface area contributed by atoms with Crippen LogP contribution in [0.1, 0.15) is 81.8 Å². The fourth-order valence-electron chi connectivity index (χ4n) is 5.18. The normalized spacial score (nSPS) is 13.8. The number of anilines is 2. The third-order valence-corrected chi connectivity index (χ3v) is 8.19. The molecule has 2 heterocycles. The molecule has 0 spiro atoms. The molecule has 2 N–H and O–H groups in total. The SMILES string of the molecule is C=C(Nc1cc(C(C)(C)C)cc(NS(C)(=O)=O)c1OC)c1ccc(C)c(-n2cc(-c3cnn(C(C)C)c3C3CC3)nn2)c1. The summed E-state index contributed by atoms with van der Waals surface area (Å²) in [5, 5.41) is 17.1. The van der Waals surface area contributed by atoms with Crippen LogP contribution in [0.5, 0.6) is 5.75 Å². The third-order valence-electron chi connectivity index (χ3n) is 7.60. The minimum atomic E-state index is -3.54. The van der Waals surface area contributed by atoms with Gasteiger partial charge in [-0.2, -0.15) is 5.10 Å². The number of hydrogen-bond acceptors (Lipinski definition) is 7. The van der Waals surface area contributed by atoms with Crippen LogP contribution in [0.15, 0.2) is 49.3 Å². The van der Waals surface area contributed by atoms with Gasteiger partial charge in [-0.05, 0) is 73.9 Å². The van der Waals surface area contributed by atoms with Crippen molar-refractivity contribution in [3.8, 4) is 22.7 Å². The number of aromatic nitrogens is 5. The van der Waals surface area contributed by atoms with Gasteiger partial charge in [0.05, 0.1) is 48.5 Å². The molecule has 0 aliphatic heterocycles. The van der Waals surface area contributed by atoms with Crippen molar-refractivity contribution in [2.24, 2.45) is 0 Å². The highest BCUT2D eigenvalue weighted by atomic mass is 32.2. The van der Waals surface area contributed by atoms with E-state index < -0.39 is 10.0 Å². The predicted octanol–water partition coefficient (Wildman–Crippen LogP) is 6.66. The molecule has 1 aliphatic rings. The van der Waals surface area contributed by atoms with Gasteiger partial charge < -0.3 is 10.1 Å². The van der Waals surface area contributed by atoms with Crippen LogP contribution in [0.2, 0.25) is 0 Å². The van der Waals surface area contributed by atoms with E-state index in [2.05, 4.69) is 71.3 Å². The molecule has 0 bridgehead atoms. The van der Waals surface area contributed by atoms with Gasteiger partial charge in [0, 0.05) is 23.2 Å². The molecule has 0 unspecified atom stereocenters. The number of nitrogens with one attached hydrogen (secondary N) is 2. The number of hydrogen-bond donors (Lipinski definition) is 2. The van der Waals surface area contributed by atoms with Crippen molar-refractivity contribution >= 4 is 27.1 Å². The lowest BCUT2D eigenvalue weighted by atomic mass is 9.86. The first-order chi connectivity index (χ1) is 20.2. The Bertz CT molecular complexity index is 1790. The Morgan fingerprint density at radius 1 is 1.14 bits per heavy atom. The summed E-state index contributed by atoms with van der Waals surface area (Å²) in [6, 6.07) is 10.1. The van der Waals surface area contributed by atoms with Gasteiger partial charge in [0.15, 0.2) is 5.75 Å². The van der Waals surface area contributed by atoms with Gasteiger partial charge in [0.2, 0.25) is 10.0 Å². The quantitative estimate of drug-likeness (QED) is 0.208. The van der Waals surface area contributed by atoms with E-state index in [1.165, 1.54) is 25.6 Å². The summed E-state index contributed by atoms with van der Waals surface area (Å²) >= 11 is 0. The van der Waals surface area contributed by atoms with E-state index in [1.54, 1.807) is 10.7 Å². The van der Waals surface area contributed by atoms with Crippen molar-refractivity contribution < 1.29 is 13.2 Å². The number of aryl methyl sites for hydroxylation is 1. The monoisotopic (exact) mass is 603 g/mol. The van der Waals surface area contributed by atoms with Crippen molar-refractivity contribution in [2.75, 3.05) is 23.4 Å². The second kappa shape index (κ2) is 11.2. The topological polar surface area (TPSA) is 116 Å². The maximum Gasteiger partial charge on any atom is 0.229 e. The van der Waals surface area contributed by atoms with E-state index in [0.29, 0.717) is 28.7 Å². The second-order valence-corrected chi connectivity index (χ2v) is 14.4. The zero-order valence-corrected chi connectivity index (χ0v) is 27.0. The molecule has 1 saturated carbocycles. The summed E-state index contributed by atoms with van der Waals surface area (Å²) in [5.41, 5.74) is 8.07. The third kappa shape index (κ3) is 6.46. The Hall–Kier alpha value is -4.12. The number of nitrogens with zero attached hydrogens (tertiary/aromatic N) is 5. The molecule has 0 atom stereocenters. The maximum absolute atomic E-state index is 12.1. The highest BCUT2D eigenvalue weighted by molar-refractivity contribution is 7.92. The Labute approximate surface area is 254 Å². The molecule has 1 aliphatic carbocycles. The molecule has 5 rings (SSSR count). The molecule has 1 fully saturated rings. The molecule has 11 heteroatoms. The molecule has 0 saturated heterocycles. The Morgan fingerprint density at radius 3 is 2.44 bits per heavy atom. The van der Waals surface area contributed by atoms with Gasteiger partial charge in [0.25, 0.3) is 0 Å². The van der Waals surface area contributed by atoms with Crippen LogP contribution in [-0.2, 0) is 15.4 Å². The fraction of sp³-hybridized carbons (Fsp3) is 0.406. The Balaban J connectivity index is 1.48. The summed E-state index contributed by atoms with van der Waals surface area (Å²) in [6.45, 7) is 16.8. The first-order valence-corrected chi connectivity index (χ1v) is 16.3. The summed E-state index contributed by atoms with van der Waals surface area (Å²) < 4.78 is 36.5. The van der Waals surface area contributed by atoms with Gasteiger partial charge in [-0.1, -0.05) is 44.7 Å². The first-order valence-electron chi connectivity index (χ1n) is 14.4. The lowest BCUT2D eigenvalue weighted by molar-refractivity contribution is 0.418. The second-order valence-electron chi connectivity index (χ2n) is 12.6. The summed E-state index contributed by atoms with van der Waals surface area (Å²) in [4.78, 5) is 0. The lowest BCUT2D eigenvalue weighted by Crippen LogP contribution is -2.16. The zero-order valence-electron chi connectivity index (χ0n) is 26.2. The lowest BCUT2D eigenvalue weighted by Gasteiger charge is -2.24. The number of ether oxygens (including phenoxy) is 1. The molecule has 228 valence electrons. The van der Waals surface area contributed by atoms with E-state index in [-0.39, 0.29) is 11.5 Å². The fourth-order valence-corrected chi connectivity index (χ4v) is 5.73. The molecule has 2 aromatic carbocycles. The average molecular weight is 604 g/mol. The van der Waals surface area contributed by atoms with Gasteiger partial charge >= 0.3 is 0 Å². The average Bonchev–Trinajstić information content (AvgIpc) is 3.45. The summed E-state index contributed by atoms with van der Waals surface area (Å²) in [5.74, 6) is 0.896. The van der Waals surface area contributed by atoms with Crippen LogP contribution in [0.25, 0.3) is 22.6 Å². The number of benzene rings is 2. The Kier molecular flexibility index (Phi) is 7.89. The highest BCUT2D eigenvalue weighted by Crippen LogP contribution is 2.45. The minimum Gasteiger partial charge on any atom is -0.492 e. The number of methoxy groups -OCH3 is 1. The molecule has 0 radical (unpaired) electrons. The van der Waals surface area contributed by atoms with Gasteiger partial charge in [-0.3, -0.25) is 9.40 Å². The van der Waals surface area contributed by atoms with E-state index in [9.17, 15) is 8.42 Å². The number of sulfonamides is 1. The smallest absolute Gasteiger partial charge is 0.229 e. The molecular weight excluding hydrogens is 562 g/mol. The molecule has 10 nitrogen and oxygen atoms in total.